The number of unbranched alkanes of at least 4 members (excludes halogenated alkanes) is 5. The van der Waals surface area contributed by atoms with Gasteiger partial charge in [-0.3, -0.25) is 44.1 Å². The molecule has 0 spiro atoms. The lowest BCUT2D eigenvalue weighted by Gasteiger charge is -2.33. The number of nitrogens with zero attached hydrogens (tertiary/aromatic N) is 7. The number of fused-ring (bicyclic) bond motifs is 2. The molecule has 4 aliphatic heterocycles. The average Bonchev–Trinajstić information content (AvgIpc) is 3.70. The summed E-state index contributed by atoms with van der Waals surface area (Å²) < 4.78 is 6.10. The summed E-state index contributed by atoms with van der Waals surface area (Å²) in [5, 5.41) is 8.81. The molecule has 2 saturated heterocycles. The minimum atomic E-state index is -0.975. The zero-order chi connectivity index (χ0) is 52.3. The number of piperidine rings is 1. The van der Waals surface area contributed by atoms with E-state index in [-0.39, 0.29) is 24.3 Å². The number of carbonyl (C=O) groups is 5. The highest BCUT2D eigenvalue weighted by atomic mass is 16.5. The van der Waals surface area contributed by atoms with Gasteiger partial charge in [0.2, 0.25) is 11.8 Å². The first kappa shape index (κ1) is 51.9. The summed E-state index contributed by atoms with van der Waals surface area (Å²) in [5.74, 6) is 6.68. The lowest BCUT2D eigenvalue weighted by atomic mass is 10.0. The molecule has 2 fully saturated rings. The Morgan fingerprint density at radius 3 is 2.36 bits per heavy atom. The zero-order valence-electron chi connectivity index (χ0n) is 42.7. The molecule has 16 heteroatoms. The molecular weight excluding hydrogens is 945 g/mol. The number of aromatic nitrogens is 3. The molecule has 6 heterocycles. The molecule has 4 aliphatic rings. The van der Waals surface area contributed by atoms with Crippen LogP contribution in [0.5, 0.6) is 5.75 Å². The number of piperazine rings is 1. The molecule has 0 radical (unpaired) electrons. The number of anilines is 2. The number of hydrogen-bond donors (Lipinski definition) is 3. The second kappa shape index (κ2) is 24.4. The number of ether oxygens (including phenoxy) is 1. The van der Waals surface area contributed by atoms with Crippen molar-refractivity contribution in [3.8, 4) is 29.0 Å². The standard InChI is InChI=1S/C59H64N10O6/c1-4-42-36-44(37-62-48(42)5-2)54-63-50-38-68(31-27-46(50)55(60-3)65-54)57(72)43-21-17-41(18-22-43)39-75-45-23-19-40(20-24-45)14-13-30-67-34-32-66(33-35-67)29-11-9-7-6-8-10-28-61-49-16-12-15-47-53(49)59(74)69(58(47)73)51-25-26-52(70)64-56(51)71/h4-5,12,15-24,36-37,51,61H,1-2,6-11,25-35,38-39H2,3H3,(H,60,63,65)(H,64,70,71). The zero-order valence-corrected chi connectivity index (χ0v) is 42.7. The van der Waals surface area contributed by atoms with Crippen molar-refractivity contribution in [2.45, 2.75) is 77.0 Å². The summed E-state index contributed by atoms with van der Waals surface area (Å²) in [5.41, 5.74) is 7.88. The largest absolute Gasteiger partial charge is 0.489 e. The van der Waals surface area contributed by atoms with Crippen LogP contribution in [0.3, 0.4) is 0 Å². The van der Waals surface area contributed by atoms with Crippen LogP contribution in [0.4, 0.5) is 11.5 Å². The number of benzene rings is 3. The van der Waals surface area contributed by atoms with Gasteiger partial charge in [0.1, 0.15) is 24.2 Å². The Kier molecular flexibility index (Phi) is 16.8. The number of amides is 5. The van der Waals surface area contributed by atoms with E-state index in [1.165, 1.54) is 19.3 Å². The molecule has 386 valence electrons. The number of rotatable bonds is 20. The molecular formula is C59H64N10O6. The molecule has 1 atom stereocenters. The predicted molar refractivity (Wildman–Crippen MR) is 290 cm³/mol. The minimum absolute atomic E-state index is 0.0514. The van der Waals surface area contributed by atoms with Crippen molar-refractivity contribution >= 4 is 53.2 Å². The SMILES string of the molecule is C=Cc1cc(-c2nc3c(c(NC)n2)CCN(C(=O)c2ccc(COc4ccc(C#CCN5CCN(CCCCCCCCNc6cccc7c6C(=O)N(C6CCC(=O)NC6=O)C7=O)CC5)cc4)cc2)C3)cnc1C=C. The Morgan fingerprint density at radius 2 is 1.61 bits per heavy atom. The monoisotopic (exact) mass is 1010 g/mol. The van der Waals surface area contributed by atoms with Gasteiger partial charge in [0.25, 0.3) is 17.7 Å². The molecule has 75 heavy (non-hydrogen) atoms. The van der Waals surface area contributed by atoms with E-state index in [1.807, 2.05) is 66.5 Å². The van der Waals surface area contributed by atoms with Crippen LogP contribution in [0.15, 0.2) is 92.2 Å². The van der Waals surface area contributed by atoms with E-state index in [0.29, 0.717) is 55.3 Å². The number of carbonyl (C=O) groups excluding carboxylic acids is 5. The molecule has 3 N–H and O–H groups in total. The lowest BCUT2D eigenvalue weighted by Crippen LogP contribution is -2.54. The van der Waals surface area contributed by atoms with E-state index in [0.717, 1.165) is 114 Å². The first-order chi connectivity index (χ1) is 36.6. The Bertz CT molecular complexity index is 3030. The Hall–Kier alpha value is -8.00. The van der Waals surface area contributed by atoms with Crippen LogP contribution in [-0.4, -0.2) is 130 Å². The Labute approximate surface area is 438 Å². The van der Waals surface area contributed by atoms with Crippen molar-refractivity contribution in [2.24, 2.45) is 0 Å². The molecule has 3 aromatic carbocycles. The molecule has 0 bridgehead atoms. The van der Waals surface area contributed by atoms with Gasteiger partial charge in [-0.2, -0.15) is 0 Å². The average molecular weight is 1010 g/mol. The van der Waals surface area contributed by atoms with Crippen LogP contribution in [0, 0.1) is 11.8 Å². The van der Waals surface area contributed by atoms with Crippen LogP contribution in [0.2, 0.25) is 0 Å². The third-order valence-corrected chi connectivity index (χ3v) is 14.4. The summed E-state index contributed by atoms with van der Waals surface area (Å²) in [6.07, 6.45) is 12.7. The van der Waals surface area contributed by atoms with Crippen LogP contribution in [0.25, 0.3) is 23.5 Å². The number of hydrogen-bond acceptors (Lipinski definition) is 13. The maximum absolute atomic E-state index is 13.7. The smallest absolute Gasteiger partial charge is 0.264 e. The van der Waals surface area contributed by atoms with Gasteiger partial charge in [0.05, 0.1) is 35.6 Å². The fourth-order valence-electron chi connectivity index (χ4n) is 10.1. The first-order valence-electron chi connectivity index (χ1n) is 26.1. The molecule has 1 unspecified atom stereocenters. The summed E-state index contributed by atoms with van der Waals surface area (Å²) in [4.78, 5) is 86.2. The normalized spacial score (nSPS) is 16.6. The van der Waals surface area contributed by atoms with Crippen molar-refractivity contribution in [3.05, 3.63) is 142 Å². The summed E-state index contributed by atoms with van der Waals surface area (Å²) in [6, 6.07) is 21.6. The van der Waals surface area contributed by atoms with E-state index in [1.54, 1.807) is 36.5 Å². The van der Waals surface area contributed by atoms with Crippen molar-refractivity contribution in [1.29, 1.82) is 0 Å². The summed E-state index contributed by atoms with van der Waals surface area (Å²) >= 11 is 0. The fraction of sp³-hybridized carbons (Fsp3) is 0.356. The Balaban J connectivity index is 0.634. The topological polar surface area (TPSA) is 182 Å². The quantitative estimate of drug-likeness (QED) is 0.0397. The molecule has 0 aliphatic carbocycles. The summed E-state index contributed by atoms with van der Waals surface area (Å²) in [7, 11) is 1.85. The molecule has 5 aromatic rings. The predicted octanol–water partition coefficient (Wildman–Crippen LogP) is 7.47. The van der Waals surface area contributed by atoms with E-state index in [2.05, 4.69) is 55.7 Å². The van der Waals surface area contributed by atoms with Gasteiger partial charge in [-0.15, -0.1) is 0 Å². The van der Waals surface area contributed by atoms with Gasteiger partial charge in [-0.05, 0) is 98.5 Å². The summed E-state index contributed by atoms with van der Waals surface area (Å²) in [6.45, 7) is 15.7. The third-order valence-electron chi connectivity index (χ3n) is 14.4. The molecule has 0 saturated carbocycles. The number of pyridine rings is 1. The van der Waals surface area contributed by atoms with E-state index >= 15 is 0 Å². The van der Waals surface area contributed by atoms with Gasteiger partial charge in [0, 0.05) is 92.4 Å². The van der Waals surface area contributed by atoms with E-state index in [9.17, 15) is 24.0 Å². The van der Waals surface area contributed by atoms with Crippen LogP contribution >= 0.6 is 0 Å². The highest BCUT2D eigenvalue weighted by molar-refractivity contribution is 6.25. The molecule has 2 aromatic heterocycles. The van der Waals surface area contributed by atoms with Gasteiger partial charge in [-0.25, -0.2) is 9.97 Å². The minimum Gasteiger partial charge on any atom is -0.489 e. The molecule has 16 nitrogen and oxygen atoms in total. The van der Waals surface area contributed by atoms with Crippen LogP contribution < -0.4 is 20.7 Å². The Morgan fingerprint density at radius 1 is 0.853 bits per heavy atom. The van der Waals surface area contributed by atoms with Crippen LogP contribution in [-0.2, 0) is 29.2 Å². The highest BCUT2D eigenvalue weighted by Crippen LogP contribution is 2.33. The first-order valence-corrected chi connectivity index (χ1v) is 26.1. The maximum Gasteiger partial charge on any atom is 0.264 e. The van der Waals surface area contributed by atoms with Crippen LogP contribution in [0.1, 0.15) is 116 Å². The number of nitrogens with one attached hydrogen (secondary N) is 3. The van der Waals surface area contributed by atoms with Crippen molar-refractivity contribution < 1.29 is 28.7 Å². The van der Waals surface area contributed by atoms with Gasteiger partial charge in [-0.1, -0.05) is 75.0 Å². The van der Waals surface area contributed by atoms with E-state index in [4.69, 9.17) is 14.7 Å². The van der Waals surface area contributed by atoms with Crippen molar-refractivity contribution in [3.63, 3.8) is 0 Å². The van der Waals surface area contributed by atoms with Gasteiger partial charge < -0.3 is 25.2 Å². The van der Waals surface area contributed by atoms with Crippen molar-refractivity contribution in [1.82, 2.24) is 39.9 Å². The third kappa shape index (κ3) is 12.3. The van der Waals surface area contributed by atoms with Gasteiger partial charge in [0.15, 0.2) is 5.82 Å². The molecule has 9 rings (SSSR count). The number of imide groups is 2. The lowest BCUT2D eigenvalue weighted by molar-refractivity contribution is -0.136. The fourth-order valence-corrected chi connectivity index (χ4v) is 10.1. The van der Waals surface area contributed by atoms with E-state index < -0.39 is 29.7 Å². The molecule has 5 amide bonds. The second-order valence-electron chi connectivity index (χ2n) is 19.3. The maximum atomic E-state index is 13.7. The second-order valence-corrected chi connectivity index (χ2v) is 19.3. The van der Waals surface area contributed by atoms with Crippen molar-refractivity contribution in [2.75, 3.05) is 70.0 Å². The highest BCUT2D eigenvalue weighted by Gasteiger charge is 2.45. The van der Waals surface area contributed by atoms with Gasteiger partial charge >= 0.3 is 0 Å².